The first-order valence-electron chi connectivity index (χ1n) is 7.03. The van der Waals surface area contributed by atoms with E-state index >= 15 is 0 Å². The first-order valence-corrected chi connectivity index (χ1v) is 7.03. The smallest absolute Gasteiger partial charge is 0.325 e. The number of nitrogens with one attached hydrogen (secondary N) is 1. The number of nitrogens with zero attached hydrogens (tertiary/aromatic N) is 5. The molecule has 9 heteroatoms. The fraction of sp³-hybridized carbons (Fsp3) is 0.462. The fourth-order valence-electron chi connectivity index (χ4n) is 2.82. The Bertz CT molecular complexity index is 665. The summed E-state index contributed by atoms with van der Waals surface area (Å²) in [6, 6.07) is 1.82. The van der Waals surface area contributed by atoms with Crippen LogP contribution in [0.15, 0.2) is 18.5 Å². The van der Waals surface area contributed by atoms with Crippen molar-refractivity contribution in [2.45, 2.75) is 25.3 Å². The van der Waals surface area contributed by atoms with Gasteiger partial charge in [0.05, 0.1) is 6.20 Å². The van der Waals surface area contributed by atoms with Crippen molar-refractivity contribution >= 4 is 11.9 Å². The minimum absolute atomic E-state index is 0.0754. The summed E-state index contributed by atoms with van der Waals surface area (Å²) in [5, 5.41) is 22.9. The molecule has 1 amide bonds. The van der Waals surface area contributed by atoms with E-state index in [1.54, 1.807) is 11.1 Å². The van der Waals surface area contributed by atoms with E-state index < -0.39 is 5.97 Å². The molecule has 0 bridgehead atoms. The number of hydrogen-bond acceptors (Lipinski definition) is 5. The van der Waals surface area contributed by atoms with Crippen LogP contribution in [0.3, 0.4) is 0 Å². The molecular weight excluding hydrogens is 288 g/mol. The minimum Gasteiger partial charge on any atom is -0.480 e. The lowest BCUT2D eigenvalue weighted by atomic mass is 9.94. The van der Waals surface area contributed by atoms with Crippen molar-refractivity contribution in [3.8, 4) is 0 Å². The van der Waals surface area contributed by atoms with E-state index in [1.165, 1.54) is 10.9 Å². The molecule has 0 unspecified atom stereocenters. The number of aromatic amines is 1. The van der Waals surface area contributed by atoms with Gasteiger partial charge in [-0.25, -0.2) is 0 Å². The van der Waals surface area contributed by atoms with Crippen LogP contribution in [0.2, 0.25) is 0 Å². The average Bonchev–Trinajstić information content (AvgIpc) is 3.17. The number of carboxylic acid groups (broad SMARTS) is 1. The average molecular weight is 304 g/mol. The molecule has 2 aromatic rings. The molecule has 1 atom stereocenters. The van der Waals surface area contributed by atoms with Crippen molar-refractivity contribution in [1.82, 2.24) is 30.1 Å². The fourth-order valence-corrected chi connectivity index (χ4v) is 2.82. The highest BCUT2D eigenvalue weighted by Gasteiger charge is 2.28. The molecule has 116 valence electrons. The van der Waals surface area contributed by atoms with Crippen LogP contribution in [-0.2, 0) is 11.3 Å². The third kappa shape index (κ3) is 2.83. The standard InChI is InChI=1S/C13H16N6O3/c20-12(21)8-19-11(3-4-15-19)9-2-1-5-18(7-9)13(22)10-6-14-17-16-10/h3-4,6,9H,1-2,5,7-8H2,(H,20,21)(H,14,16,17)/t9-/m0/s1. The number of hydrogen-bond donors (Lipinski definition) is 2. The molecule has 1 saturated heterocycles. The predicted molar refractivity (Wildman–Crippen MR) is 74.1 cm³/mol. The molecular formula is C13H16N6O3. The highest BCUT2D eigenvalue weighted by Crippen LogP contribution is 2.27. The van der Waals surface area contributed by atoms with Gasteiger partial charge in [0.2, 0.25) is 0 Å². The maximum absolute atomic E-state index is 12.3. The summed E-state index contributed by atoms with van der Waals surface area (Å²) in [5.74, 6) is -1.02. The van der Waals surface area contributed by atoms with Gasteiger partial charge in [-0.1, -0.05) is 0 Å². The lowest BCUT2D eigenvalue weighted by Gasteiger charge is -2.32. The Morgan fingerprint density at radius 2 is 2.32 bits per heavy atom. The number of rotatable bonds is 4. The van der Waals surface area contributed by atoms with Gasteiger partial charge in [0, 0.05) is 30.9 Å². The predicted octanol–water partition coefficient (Wildman–Crippen LogP) is 0.106. The van der Waals surface area contributed by atoms with Crippen LogP contribution in [0.4, 0.5) is 0 Å². The summed E-state index contributed by atoms with van der Waals surface area (Å²) in [6.07, 6.45) is 4.75. The second-order valence-electron chi connectivity index (χ2n) is 5.25. The van der Waals surface area contributed by atoms with Crippen LogP contribution in [0.25, 0.3) is 0 Å². The zero-order valence-electron chi connectivity index (χ0n) is 11.8. The summed E-state index contributed by atoms with van der Waals surface area (Å²) in [5.41, 5.74) is 1.14. The number of aliphatic carboxylic acids is 1. The van der Waals surface area contributed by atoms with Gasteiger partial charge in [-0.2, -0.15) is 20.5 Å². The lowest BCUT2D eigenvalue weighted by Crippen LogP contribution is -2.40. The van der Waals surface area contributed by atoms with Crippen molar-refractivity contribution in [3.05, 3.63) is 29.8 Å². The van der Waals surface area contributed by atoms with Gasteiger partial charge < -0.3 is 10.0 Å². The van der Waals surface area contributed by atoms with Crippen LogP contribution in [0.1, 0.15) is 34.9 Å². The van der Waals surface area contributed by atoms with Crippen molar-refractivity contribution in [1.29, 1.82) is 0 Å². The molecule has 1 aliphatic heterocycles. The topological polar surface area (TPSA) is 117 Å². The van der Waals surface area contributed by atoms with Gasteiger partial charge >= 0.3 is 5.97 Å². The van der Waals surface area contributed by atoms with Crippen LogP contribution in [-0.4, -0.2) is 60.2 Å². The second-order valence-corrected chi connectivity index (χ2v) is 5.25. The molecule has 0 radical (unpaired) electrons. The molecule has 0 aromatic carbocycles. The van der Waals surface area contributed by atoms with Crippen LogP contribution >= 0.6 is 0 Å². The Labute approximate surface area is 125 Å². The van der Waals surface area contributed by atoms with Gasteiger partial charge in [-0.15, -0.1) is 0 Å². The molecule has 1 aliphatic rings. The minimum atomic E-state index is -0.934. The number of piperidine rings is 1. The van der Waals surface area contributed by atoms with Crippen molar-refractivity contribution in [2.24, 2.45) is 0 Å². The normalized spacial score (nSPS) is 18.4. The number of carbonyl (C=O) groups excluding carboxylic acids is 1. The maximum atomic E-state index is 12.3. The van der Waals surface area contributed by atoms with E-state index in [0.29, 0.717) is 18.8 Å². The zero-order valence-corrected chi connectivity index (χ0v) is 11.8. The first kappa shape index (κ1) is 14.2. The Balaban J connectivity index is 1.75. The zero-order chi connectivity index (χ0) is 15.5. The van der Waals surface area contributed by atoms with Crippen molar-refractivity contribution in [3.63, 3.8) is 0 Å². The van der Waals surface area contributed by atoms with E-state index in [1.807, 2.05) is 6.07 Å². The van der Waals surface area contributed by atoms with E-state index in [2.05, 4.69) is 20.5 Å². The second kappa shape index (κ2) is 5.96. The third-order valence-electron chi connectivity index (χ3n) is 3.80. The molecule has 0 spiro atoms. The third-order valence-corrected chi connectivity index (χ3v) is 3.80. The maximum Gasteiger partial charge on any atom is 0.325 e. The lowest BCUT2D eigenvalue weighted by molar-refractivity contribution is -0.137. The summed E-state index contributed by atoms with van der Waals surface area (Å²) >= 11 is 0. The number of aromatic nitrogens is 5. The van der Waals surface area contributed by atoms with Crippen LogP contribution in [0.5, 0.6) is 0 Å². The number of H-pyrrole nitrogens is 1. The Kier molecular flexibility index (Phi) is 3.86. The summed E-state index contributed by atoms with van der Waals surface area (Å²) < 4.78 is 1.48. The largest absolute Gasteiger partial charge is 0.480 e. The number of carboxylic acids is 1. The van der Waals surface area contributed by atoms with E-state index in [0.717, 1.165) is 18.5 Å². The van der Waals surface area contributed by atoms with Crippen molar-refractivity contribution in [2.75, 3.05) is 13.1 Å². The number of likely N-dealkylation sites (tertiary alicyclic amines) is 1. The molecule has 0 aliphatic carbocycles. The van der Waals surface area contributed by atoms with Crippen LogP contribution < -0.4 is 0 Å². The van der Waals surface area contributed by atoms with Gasteiger partial charge in [0.15, 0.2) is 5.69 Å². The Morgan fingerprint density at radius 3 is 3.05 bits per heavy atom. The van der Waals surface area contributed by atoms with E-state index in [9.17, 15) is 9.59 Å². The Hall–Kier alpha value is -2.71. The SMILES string of the molecule is O=C(O)Cn1nccc1[C@H]1CCCN(C(=O)c2cn[nH]n2)C1. The van der Waals surface area contributed by atoms with Crippen LogP contribution in [0, 0.1) is 0 Å². The highest BCUT2D eigenvalue weighted by atomic mass is 16.4. The van der Waals surface area contributed by atoms with Gasteiger partial charge in [-0.3, -0.25) is 14.3 Å². The highest BCUT2D eigenvalue weighted by molar-refractivity contribution is 5.92. The monoisotopic (exact) mass is 304 g/mol. The van der Waals surface area contributed by atoms with Gasteiger partial charge in [0.1, 0.15) is 6.54 Å². The van der Waals surface area contributed by atoms with Gasteiger partial charge in [-0.05, 0) is 18.9 Å². The van der Waals surface area contributed by atoms with Gasteiger partial charge in [0.25, 0.3) is 5.91 Å². The molecule has 1 fully saturated rings. The molecule has 22 heavy (non-hydrogen) atoms. The quantitative estimate of drug-likeness (QED) is 0.827. The molecule has 3 rings (SSSR count). The summed E-state index contributed by atoms with van der Waals surface area (Å²) in [4.78, 5) is 24.9. The summed E-state index contributed by atoms with van der Waals surface area (Å²) in [6.45, 7) is 1.02. The number of amides is 1. The van der Waals surface area contributed by atoms with E-state index in [4.69, 9.17) is 5.11 Å². The Morgan fingerprint density at radius 1 is 1.45 bits per heavy atom. The molecule has 3 heterocycles. The van der Waals surface area contributed by atoms with E-state index in [-0.39, 0.29) is 18.4 Å². The molecule has 9 nitrogen and oxygen atoms in total. The molecule has 0 saturated carbocycles. The molecule has 2 N–H and O–H groups in total. The first-order chi connectivity index (χ1) is 10.6. The number of carbonyl (C=O) groups is 2. The van der Waals surface area contributed by atoms with Crippen molar-refractivity contribution < 1.29 is 14.7 Å². The molecule has 2 aromatic heterocycles. The summed E-state index contributed by atoms with van der Waals surface area (Å²) in [7, 11) is 0.